The summed E-state index contributed by atoms with van der Waals surface area (Å²) < 4.78 is 0.559. The highest BCUT2D eigenvalue weighted by Crippen LogP contribution is 2.24. The molecule has 7 heteroatoms. The van der Waals surface area contributed by atoms with Gasteiger partial charge in [0.2, 0.25) is 0 Å². The SMILES string of the molecule is O=C(Nc1ccc(Br)cc1C(=O)[O-])c1ccc(Cl)cc1Cl. The van der Waals surface area contributed by atoms with E-state index in [9.17, 15) is 14.7 Å². The van der Waals surface area contributed by atoms with Gasteiger partial charge in [0.15, 0.2) is 0 Å². The van der Waals surface area contributed by atoms with Crippen molar-refractivity contribution in [2.45, 2.75) is 0 Å². The normalized spacial score (nSPS) is 10.2. The van der Waals surface area contributed by atoms with E-state index >= 15 is 0 Å². The maximum absolute atomic E-state index is 12.1. The Kier molecular flexibility index (Phi) is 4.88. The first-order chi connectivity index (χ1) is 9.88. The van der Waals surface area contributed by atoms with Crippen molar-refractivity contribution in [2.75, 3.05) is 5.32 Å². The molecule has 108 valence electrons. The van der Waals surface area contributed by atoms with E-state index < -0.39 is 11.9 Å². The van der Waals surface area contributed by atoms with Gasteiger partial charge < -0.3 is 15.2 Å². The van der Waals surface area contributed by atoms with Crippen LogP contribution in [-0.2, 0) is 0 Å². The number of aromatic carboxylic acids is 1. The molecule has 0 bridgehead atoms. The Morgan fingerprint density at radius 2 is 1.76 bits per heavy atom. The second-order valence-electron chi connectivity index (χ2n) is 4.06. The molecule has 0 spiro atoms. The second-order valence-corrected chi connectivity index (χ2v) is 5.81. The number of hydrogen-bond acceptors (Lipinski definition) is 3. The standard InChI is InChI=1S/C14H8BrCl2NO3/c15-7-1-4-12(10(5-7)14(20)21)18-13(19)9-3-2-8(16)6-11(9)17/h1-6H,(H,18,19)(H,20,21)/p-1. The van der Waals surface area contributed by atoms with Crippen LogP contribution in [0.2, 0.25) is 10.0 Å². The quantitative estimate of drug-likeness (QED) is 0.877. The molecule has 21 heavy (non-hydrogen) atoms. The number of amides is 1. The number of halogens is 3. The number of hydrogen-bond donors (Lipinski definition) is 1. The van der Waals surface area contributed by atoms with E-state index in [1.165, 1.54) is 30.3 Å². The summed E-state index contributed by atoms with van der Waals surface area (Å²) in [6, 6.07) is 8.80. The fourth-order valence-corrected chi connectivity index (χ4v) is 2.51. The minimum absolute atomic E-state index is 0.120. The molecule has 2 rings (SSSR count). The van der Waals surface area contributed by atoms with Crippen molar-refractivity contribution in [1.82, 2.24) is 0 Å². The van der Waals surface area contributed by atoms with Gasteiger partial charge in [0, 0.05) is 15.1 Å². The van der Waals surface area contributed by atoms with Crippen LogP contribution >= 0.6 is 39.1 Å². The average Bonchev–Trinajstić information content (AvgIpc) is 2.40. The molecule has 1 N–H and O–H groups in total. The van der Waals surface area contributed by atoms with Crippen molar-refractivity contribution < 1.29 is 14.7 Å². The van der Waals surface area contributed by atoms with Crippen LogP contribution in [0.15, 0.2) is 40.9 Å². The molecular formula is C14H7BrCl2NO3-. The van der Waals surface area contributed by atoms with Crippen LogP contribution in [-0.4, -0.2) is 11.9 Å². The largest absolute Gasteiger partial charge is 0.545 e. The van der Waals surface area contributed by atoms with Gasteiger partial charge >= 0.3 is 0 Å². The number of rotatable bonds is 3. The summed E-state index contributed by atoms with van der Waals surface area (Å²) in [6.45, 7) is 0. The molecule has 1 amide bonds. The van der Waals surface area contributed by atoms with Crippen molar-refractivity contribution in [3.63, 3.8) is 0 Å². The molecule has 2 aromatic carbocycles. The first-order valence-corrected chi connectivity index (χ1v) is 7.20. The number of carboxylic acid groups (broad SMARTS) is 1. The second kappa shape index (κ2) is 6.47. The van der Waals surface area contributed by atoms with Crippen molar-refractivity contribution in [1.29, 1.82) is 0 Å². The van der Waals surface area contributed by atoms with Crippen LogP contribution in [0.4, 0.5) is 5.69 Å². The number of nitrogens with one attached hydrogen (secondary N) is 1. The summed E-state index contributed by atoms with van der Waals surface area (Å²) in [5, 5.41) is 14.1. The molecule has 2 aromatic rings. The maximum atomic E-state index is 12.1. The molecule has 0 unspecified atom stereocenters. The Hall–Kier alpha value is -1.56. The highest BCUT2D eigenvalue weighted by molar-refractivity contribution is 9.10. The lowest BCUT2D eigenvalue weighted by Gasteiger charge is -2.13. The predicted molar refractivity (Wildman–Crippen MR) is 82.9 cm³/mol. The highest BCUT2D eigenvalue weighted by atomic mass is 79.9. The van der Waals surface area contributed by atoms with Crippen LogP contribution in [0.25, 0.3) is 0 Å². The Labute approximate surface area is 138 Å². The highest BCUT2D eigenvalue weighted by Gasteiger charge is 2.13. The monoisotopic (exact) mass is 386 g/mol. The zero-order valence-corrected chi connectivity index (χ0v) is 13.4. The third-order valence-corrected chi connectivity index (χ3v) is 3.67. The lowest BCUT2D eigenvalue weighted by molar-refractivity contribution is -0.254. The van der Waals surface area contributed by atoms with Crippen molar-refractivity contribution >= 4 is 56.7 Å². The molecule has 0 radical (unpaired) electrons. The van der Waals surface area contributed by atoms with Gasteiger partial charge in [0.25, 0.3) is 5.91 Å². The molecule has 0 fully saturated rings. The van der Waals surface area contributed by atoms with E-state index in [0.717, 1.165) is 0 Å². The lowest BCUT2D eigenvalue weighted by Crippen LogP contribution is -2.25. The van der Waals surface area contributed by atoms with Gasteiger partial charge in [-0.2, -0.15) is 0 Å². The van der Waals surface area contributed by atoms with Gasteiger partial charge in [0.1, 0.15) is 0 Å². The summed E-state index contributed by atoms with van der Waals surface area (Å²) in [5.74, 6) is -1.93. The van der Waals surface area contributed by atoms with E-state index in [1.54, 1.807) is 6.07 Å². The van der Waals surface area contributed by atoms with E-state index in [-0.39, 0.29) is 21.8 Å². The first kappa shape index (κ1) is 15.8. The molecule has 0 saturated carbocycles. The van der Waals surface area contributed by atoms with Crippen LogP contribution < -0.4 is 10.4 Å². The molecule has 0 aliphatic rings. The van der Waals surface area contributed by atoms with E-state index in [2.05, 4.69) is 21.2 Å². The predicted octanol–water partition coefficient (Wildman–Crippen LogP) is 3.37. The molecule has 0 heterocycles. The van der Waals surface area contributed by atoms with Crippen LogP contribution in [0.1, 0.15) is 20.7 Å². The number of anilines is 1. The molecule has 0 aromatic heterocycles. The van der Waals surface area contributed by atoms with Crippen LogP contribution in [0, 0.1) is 0 Å². The Bertz CT molecular complexity index is 734. The van der Waals surface area contributed by atoms with E-state index in [1.807, 2.05) is 0 Å². The van der Waals surface area contributed by atoms with Gasteiger partial charge in [0.05, 0.1) is 22.2 Å². The lowest BCUT2D eigenvalue weighted by atomic mass is 10.1. The van der Waals surface area contributed by atoms with Gasteiger partial charge in [-0.15, -0.1) is 0 Å². The summed E-state index contributed by atoms with van der Waals surface area (Å²) >= 11 is 14.9. The fraction of sp³-hybridized carbons (Fsp3) is 0. The molecule has 0 aliphatic heterocycles. The number of benzene rings is 2. The molecule has 0 saturated heterocycles. The minimum atomic E-state index is -1.39. The summed E-state index contributed by atoms with van der Waals surface area (Å²) in [5.41, 5.74) is 0.172. The van der Waals surface area contributed by atoms with Gasteiger partial charge in [-0.3, -0.25) is 4.79 Å². The van der Waals surface area contributed by atoms with Crippen LogP contribution in [0.3, 0.4) is 0 Å². The zero-order chi connectivity index (χ0) is 15.6. The molecular weight excluding hydrogens is 381 g/mol. The summed E-state index contributed by atoms with van der Waals surface area (Å²) in [6.07, 6.45) is 0. The molecule has 0 aliphatic carbocycles. The first-order valence-electron chi connectivity index (χ1n) is 5.66. The summed E-state index contributed by atoms with van der Waals surface area (Å²) in [7, 11) is 0. The smallest absolute Gasteiger partial charge is 0.257 e. The van der Waals surface area contributed by atoms with E-state index in [4.69, 9.17) is 23.2 Å². The van der Waals surface area contributed by atoms with Gasteiger partial charge in [-0.1, -0.05) is 39.1 Å². The van der Waals surface area contributed by atoms with E-state index in [0.29, 0.717) is 9.50 Å². The summed E-state index contributed by atoms with van der Waals surface area (Å²) in [4.78, 5) is 23.2. The van der Waals surface area contributed by atoms with Gasteiger partial charge in [-0.05, 0) is 36.4 Å². The number of carboxylic acids is 1. The third-order valence-electron chi connectivity index (χ3n) is 2.63. The van der Waals surface area contributed by atoms with Gasteiger partial charge in [-0.25, -0.2) is 0 Å². The van der Waals surface area contributed by atoms with Crippen molar-refractivity contribution in [2.24, 2.45) is 0 Å². The maximum Gasteiger partial charge on any atom is 0.257 e. The topological polar surface area (TPSA) is 69.2 Å². The Balaban J connectivity index is 2.34. The third kappa shape index (κ3) is 3.75. The van der Waals surface area contributed by atoms with Crippen molar-refractivity contribution in [3.8, 4) is 0 Å². The van der Waals surface area contributed by atoms with Crippen LogP contribution in [0.5, 0.6) is 0 Å². The number of carbonyl (C=O) groups is 2. The van der Waals surface area contributed by atoms with Crippen molar-refractivity contribution in [3.05, 3.63) is 62.0 Å². The zero-order valence-electron chi connectivity index (χ0n) is 10.3. The molecule has 0 atom stereocenters. The Morgan fingerprint density at radius 1 is 1.05 bits per heavy atom. The molecule has 4 nitrogen and oxygen atoms in total. The minimum Gasteiger partial charge on any atom is -0.545 e. The number of carbonyl (C=O) groups excluding carboxylic acids is 2. The average molecular weight is 388 g/mol. The Morgan fingerprint density at radius 3 is 2.38 bits per heavy atom. The fourth-order valence-electron chi connectivity index (χ4n) is 1.66.